The normalized spacial score (nSPS) is 21.2. The van der Waals surface area contributed by atoms with Gasteiger partial charge >= 0.3 is 0 Å². The third-order valence-electron chi connectivity index (χ3n) is 3.74. The van der Waals surface area contributed by atoms with Crippen molar-refractivity contribution in [1.29, 1.82) is 0 Å². The molecule has 0 aromatic carbocycles. The van der Waals surface area contributed by atoms with E-state index in [2.05, 4.69) is 22.1 Å². The van der Waals surface area contributed by atoms with Gasteiger partial charge in [-0.1, -0.05) is 6.07 Å². The van der Waals surface area contributed by atoms with Crippen LogP contribution in [0.25, 0.3) is 0 Å². The van der Waals surface area contributed by atoms with Crippen LogP contribution in [0, 0.1) is 0 Å². The summed E-state index contributed by atoms with van der Waals surface area (Å²) in [7, 11) is 0. The highest BCUT2D eigenvalue weighted by Crippen LogP contribution is 2.20. The van der Waals surface area contributed by atoms with E-state index in [1.807, 2.05) is 0 Å². The van der Waals surface area contributed by atoms with Crippen molar-refractivity contribution in [1.82, 2.24) is 9.88 Å². The number of rotatable bonds is 2. The maximum Gasteiger partial charge on any atom is 0.0594 e. The minimum Gasteiger partial charge on any atom is -0.379 e. The summed E-state index contributed by atoms with van der Waals surface area (Å²) in [6, 6.07) is 2.37. The molecule has 1 aliphatic heterocycles. The van der Waals surface area contributed by atoms with Gasteiger partial charge in [0.25, 0.3) is 0 Å². The van der Waals surface area contributed by atoms with E-state index in [9.17, 15) is 0 Å². The molecule has 2 heterocycles. The molecule has 1 aliphatic carbocycles. The average Bonchev–Trinajstić information content (AvgIpc) is 2.40. The number of nitrogens with zero attached hydrogens (tertiary/aromatic N) is 2. The summed E-state index contributed by atoms with van der Waals surface area (Å²) in [6.45, 7) is 4.88. The van der Waals surface area contributed by atoms with E-state index in [1.54, 1.807) is 0 Å². The maximum atomic E-state index is 5.37. The van der Waals surface area contributed by atoms with Gasteiger partial charge in [0.2, 0.25) is 0 Å². The number of aromatic nitrogens is 1. The lowest BCUT2D eigenvalue weighted by Gasteiger charge is -2.27. The number of morpholine rings is 1. The fraction of sp³-hybridized carbons (Fsp3) is 0.643. The van der Waals surface area contributed by atoms with Gasteiger partial charge in [0.15, 0.2) is 0 Å². The zero-order valence-corrected chi connectivity index (χ0v) is 10.3. The lowest BCUT2D eigenvalue weighted by Crippen LogP contribution is -2.35. The zero-order valence-electron chi connectivity index (χ0n) is 10.3. The molecule has 3 rings (SSSR count). The van der Waals surface area contributed by atoms with Crippen molar-refractivity contribution in [3.05, 3.63) is 29.1 Å². The summed E-state index contributed by atoms with van der Waals surface area (Å²) in [6.07, 6.45) is 7.10. The second kappa shape index (κ2) is 5.15. The molecule has 0 radical (unpaired) electrons. The van der Waals surface area contributed by atoms with Gasteiger partial charge < -0.3 is 4.74 Å². The summed E-state index contributed by atoms with van der Waals surface area (Å²) in [4.78, 5) is 7.08. The Morgan fingerprint density at radius 3 is 2.88 bits per heavy atom. The predicted molar refractivity (Wildman–Crippen MR) is 67.0 cm³/mol. The Bertz CT molecular complexity index is 386. The molecule has 1 aromatic rings. The third kappa shape index (κ3) is 2.67. The van der Waals surface area contributed by atoms with E-state index in [-0.39, 0.29) is 0 Å². The van der Waals surface area contributed by atoms with Crippen LogP contribution in [0.1, 0.15) is 29.7 Å². The van der Waals surface area contributed by atoms with Crippen molar-refractivity contribution in [3.8, 4) is 0 Å². The monoisotopic (exact) mass is 232 g/mol. The van der Waals surface area contributed by atoms with Crippen LogP contribution in [0.2, 0.25) is 0 Å². The highest BCUT2D eigenvalue weighted by molar-refractivity contribution is 5.27. The van der Waals surface area contributed by atoms with Crippen molar-refractivity contribution < 1.29 is 4.74 Å². The Labute approximate surface area is 103 Å². The highest BCUT2D eigenvalue weighted by Gasteiger charge is 2.14. The topological polar surface area (TPSA) is 25.4 Å². The molecule has 1 fully saturated rings. The molecule has 0 N–H and O–H groups in total. The smallest absolute Gasteiger partial charge is 0.0594 e. The van der Waals surface area contributed by atoms with Crippen LogP contribution < -0.4 is 0 Å². The zero-order chi connectivity index (χ0) is 11.5. The van der Waals surface area contributed by atoms with Crippen LogP contribution in [0.5, 0.6) is 0 Å². The average molecular weight is 232 g/mol. The van der Waals surface area contributed by atoms with Gasteiger partial charge in [0, 0.05) is 31.5 Å². The molecule has 0 saturated carbocycles. The van der Waals surface area contributed by atoms with Crippen molar-refractivity contribution in [2.75, 3.05) is 26.3 Å². The van der Waals surface area contributed by atoms with Crippen molar-refractivity contribution >= 4 is 0 Å². The predicted octanol–water partition coefficient (Wildman–Crippen LogP) is 1.79. The molecule has 92 valence electrons. The van der Waals surface area contributed by atoms with Gasteiger partial charge in [0.05, 0.1) is 13.2 Å². The standard InChI is InChI=1S/C14H20N2O/c1-2-4-14-13(3-1)9-12(10-15-14)11-16-5-7-17-8-6-16/h9-10H,1-8,11H2. The molecule has 0 spiro atoms. The molecular weight excluding hydrogens is 212 g/mol. The second-order valence-electron chi connectivity index (χ2n) is 5.05. The SMILES string of the molecule is c1nc2c(cc1CN1CCOCC1)CCCC2. The summed E-state index contributed by atoms with van der Waals surface area (Å²) in [5.41, 5.74) is 4.19. The molecule has 3 heteroatoms. The number of hydrogen-bond acceptors (Lipinski definition) is 3. The largest absolute Gasteiger partial charge is 0.379 e. The van der Waals surface area contributed by atoms with E-state index in [0.29, 0.717) is 0 Å². The molecule has 0 atom stereocenters. The summed E-state index contributed by atoms with van der Waals surface area (Å²) in [5, 5.41) is 0. The minimum absolute atomic E-state index is 0.873. The Morgan fingerprint density at radius 2 is 2.00 bits per heavy atom. The Morgan fingerprint density at radius 1 is 1.18 bits per heavy atom. The highest BCUT2D eigenvalue weighted by atomic mass is 16.5. The van der Waals surface area contributed by atoms with Gasteiger partial charge in [-0.3, -0.25) is 9.88 Å². The first-order valence-corrected chi connectivity index (χ1v) is 6.68. The molecule has 2 aliphatic rings. The molecule has 0 bridgehead atoms. The molecule has 0 unspecified atom stereocenters. The summed E-state index contributed by atoms with van der Waals surface area (Å²) < 4.78 is 5.37. The van der Waals surface area contributed by atoms with Crippen molar-refractivity contribution in [2.24, 2.45) is 0 Å². The fourth-order valence-corrected chi connectivity index (χ4v) is 2.74. The van der Waals surface area contributed by atoms with Crippen molar-refractivity contribution in [3.63, 3.8) is 0 Å². The van der Waals surface area contributed by atoms with Crippen LogP contribution in [-0.4, -0.2) is 36.2 Å². The van der Waals surface area contributed by atoms with Crippen LogP contribution in [0.4, 0.5) is 0 Å². The van der Waals surface area contributed by atoms with E-state index >= 15 is 0 Å². The van der Waals surface area contributed by atoms with Crippen LogP contribution in [-0.2, 0) is 24.1 Å². The first-order chi connectivity index (χ1) is 8.42. The minimum atomic E-state index is 0.873. The molecule has 17 heavy (non-hydrogen) atoms. The second-order valence-corrected chi connectivity index (χ2v) is 5.05. The van der Waals surface area contributed by atoms with E-state index in [4.69, 9.17) is 4.74 Å². The quantitative estimate of drug-likeness (QED) is 0.777. The third-order valence-corrected chi connectivity index (χ3v) is 3.74. The van der Waals surface area contributed by atoms with Gasteiger partial charge in [-0.25, -0.2) is 0 Å². The van der Waals surface area contributed by atoms with Gasteiger partial charge in [0.1, 0.15) is 0 Å². The summed E-state index contributed by atoms with van der Waals surface area (Å²) in [5.74, 6) is 0. The Kier molecular flexibility index (Phi) is 3.39. The molecule has 3 nitrogen and oxygen atoms in total. The fourth-order valence-electron chi connectivity index (χ4n) is 2.74. The first kappa shape index (κ1) is 11.2. The van der Waals surface area contributed by atoms with Gasteiger partial charge in [-0.05, 0) is 36.8 Å². The Balaban J connectivity index is 1.70. The van der Waals surface area contributed by atoms with Gasteiger partial charge in [-0.15, -0.1) is 0 Å². The van der Waals surface area contributed by atoms with E-state index in [1.165, 1.54) is 42.5 Å². The van der Waals surface area contributed by atoms with Crippen LogP contribution >= 0.6 is 0 Å². The number of pyridine rings is 1. The molecule has 0 amide bonds. The lowest BCUT2D eigenvalue weighted by atomic mass is 9.95. The number of fused-ring (bicyclic) bond motifs is 1. The number of hydrogen-bond donors (Lipinski definition) is 0. The maximum absolute atomic E-state index is 5.37. The van der Waals surface area contributed by atoms with E-state index in [0.717, 1.165) is 32.8 Å². The summed E-state index contributed by atoms with van der Waals surface area (Å²) >= 11 is 0. The van der Waals surface area contributed by atoms with Crippen LogP contribution in [0.3, 0.4) is 0 Å². The molecule has 1 saturated heterocycles. The van der Waals surface area contributed by atoms with E-state index < -0.39 is 0 Å². The number of aryl methyl sites for hydroxylation is 2. The first-order valence-electron chi connectivity index (χ1n) is 6.68. The molecular formula is C14H20N2O. The number of ether oxygens (including phenoxy) is 1. The van der Waals surface area contributed by atoms with Crippen LogP contribution in [0.15, 0.2) is 12.3 Å². The van der Waals surface area contributed by atoms with Gasteiger partial charge in [-0.2, -0.15) is 0 Å². The van der Waals surface area contributed by atoms with Crippen molar-refractivity contribution in [2.45, 2.75) is 32.2 Å². The molecule has 1 aromatic heterocycles. The lowest BCUT2D eigenvalue weighted by molar-refractivity contribution is 0.0341. The Hall–Kier alpha value is -0.930.